The molecule has 2 aromatic rings. The normalized spacial score (nSPS) is 13.3. The molecule has 0 heterocycles. The third-order valence-electron chi connectivity index (χ3n) is 6.21. The Balaban J connectivity index is 1.40. The number of hydrogen-bond donors (Lipinski definition) is 3. The molecule has 0 spiro atoms. The van der Waals surface area contributed by atoms with Gasteiger partial charge in [0, 0.05) is 20.5 Å². The largest absolute Gasteiger partial charge is 0.480 e. The summed E-state index contributed by atoms with van der Waals surface area (Å²) in [5.41, 5.74) is 4.43. The first-order chi connectivity index (χ1) is 17.2. The fourth-order valence-corrected chi connectivity index (χ4v) is 4.92. The quantitative estimate of drug-likeness (QED) is 0.266. The molecule has 1 aliphatic rings. The zero-order valence-corrected chi connectivity index (χ0v) is 22.2. The van der Waals surface area contributed by atoms with Gasteiger partial charge in [0.15, 0.2) is 0 Å². The highest BCUT2D eigenvalue weighted by Crippen LogP contribution is 2.44. The van der Waals surface area contributed by atoms with Crippen molar-refractivity contribution in [3.05, 3.63) is 59.7 Å². The maximum absolute atomic E-state index is 12.4. The third-order valence-corrected chi connectivity index (χ3v) is 7.91. The number of carboxylic acid groups (broad SMARTS) is 1. The average Bonchev–Trinajstić information content (AvgIpc) is 3.14. The number of hydrogen-bond acceptors (Lipinski definition) is 5. The standard InChI is InChI=1S/C27H36N2O6Si/c1-36(2,3)17-16-34-26(32)28-15-9-8-14-24(25(30)31)29-27(33)35-18-23-21-12-6-4-10-19(21)20-11-5-7-13-22(20)23/h4-7,10-13,23-24H,8-9,14-18H2,1-3H3,(H,28,32)(H,29,33)(H,30,31). The number of benzene rings is 2. The van der Waals surface area contributed by atoms with E-state index in [1.54, 1.807) is 0 Å². The van der Waals surface area contributed by atoms with E-state index in [1.165, 1.54) is 0 Å². The van der Waals surface area contributed by atoms with Crippen LogP contribution in [-0.2, 0) is 14.3 Å². The molecule has 8 nitrogen and oxygen atoms in total. The number of ether oxygens (including phenoxy) is 2. The second-order valence-electron chi connectivity index (χ2n) is 10.2. The Hall–Kier alpha value is -3.33. The van der Waals surface area contributed by atoms with Crippen molar-refractivity contribution in [2.75, 3.05) is 19.8 Å². The highest BCUT2D eigenvalue weighted by atomic mass is 28.3. The number of alkyl carbamates (subject to hydrolysis) is 2. The first-order valence-corrected chi connectivity index (χ1v) is 16.1. The lowest BCUT2D eigenvalue weighted by molar-refractivity contribution is -0.139. The van der Waals surface area contributed by atoms with Gasteiger partial charge in [0.05, 0.1) is 6.61 Å². The van der Waals surface area contributed by atoms with Gasteiger partial charge < -0.3 is 25.2 Å². The Morgan fingerprint density at radius 2 is 1.53 bits per heavy atom. The lowest BCUT2D eigenvalue weighted by atomic mass is 9.98. The van der Waals surface area contributed by atoms with Gasteiger partial charge in [-0.1, -0.05) is 68.2 Å². The number of rotatable bonds is 12. The maximum atomic E-state index is 12.4. The molecule has 0 bridgehead atoms. The molecule has 1 unspecified atom stereocenters. The van der Waals surface area contributed by atoms with Crippen molar-refractivity contribution in [1.29, 1.82) is 0 Å². The van der Waals surface area contributed by atoms with Crippen LogP contribution in [0.1, 0.15) is 36.3 Å². The predicted octanol–water partition coefficient (Wildman–Crippen LogP) is 5.21. The molecule has 0 saturated carbocycles. The molecule has 1 atom stereocenters. The number of amides is 2. The maximum Gasteiger partial charge on any atom is 0.407 e. The highest BCUT2D eigenvalue weighted by molar-refractivity contribution is 6.76. The molecule has 3 N–H and O–H groups in total. The first-order valence-electron chi connectivity index (χ1n) is 12.4. The monoisotopic (exact) mass is 512 g/mol. The van der Waals surface area contributed by atoms with Crippen molar-refractivity contribution in [3.63, 3.8) is 0 Å². The van der Waals surface area contributed by atoms with Gasteiger partial charge in [-0.3, -0.25) is 0 Å². The Morgan fingerprint density at radius 1 is 0.917 bits per heavy atom. The lowest BCUT2D eigenvalue weighted by Gasteiger charge is -2.17. The molecule has 194 valence electrons. The minimum absolute atomic E-state index is 0.0944. The van der Waals surface area contributed by atoms with Gasteiger partial charge in [-0.05, 0) is 47.6 Å². The summed E-state index contributed by atoms with van der Waals surface area (Å²) in [6.45, 7) is 7.54. The van der Waals surface area contributed by atoms with Crippen LogP contribution in [0.15, 0.2) is 48.5 Å². The van der Waals surface area contributed by atoms with Crippen LogP contribution in [-0.4, -0.2) is 57.1 Å². The topological polar surface area (TPSA) is 114 Å². The van der Waals surface area contributed by atoms with E-state index in [-0.39, 0.29) is 18.9 Å². The van der Waals surface area contributed by atoms with Crippen LogP contribution in [0.4, 0.5) is 9.59 Å². The van der Waals surface area contributed by atoms with E-state index in [0.717, 1.165) is 28.3 Å². The van der Waals surface area contributed by atoms with Gasteiger partial charge in [-0.15, -0.1) is 0 Å². The fraction of sp³-hybridized carbons (Fsp3) is 0.444. The molecule has 0 radical (unpaired) electrons. The summed E-state index contributed by atoms with van der Waals surface area (Å²) in [7, 11) is -1.26. The third kappa shape index (κ3) is 7.84. The Kier molecular flexibility index (Phi) is 9.52. The van der Waals surface area contributed by atoms with Crippen LogP contribution in [0.25, 0.3) is 11.1 Å². The Morgan fingerprint density at radius 3 is 2.11 bits per heavy atom. The Labute approximate surface area is 213 Å². The summed E-state index contributed by atoms with van der Waals surface area (Å²) in [6.07, 6.45) is 0.0918. The summed E-state index contributed by atoms with van der Waals surface area (Å²) in [5, 5.41) is 14.6. The van der Waals surface area contributed by atoms with E-state index >= 15 is 0 Å². The molecule has 0 aromatic heterocycles. The zero-order valence-electron chi connectivity index (χ0n) is 21.2. The van der Waals surface area contributed by atoms with Crippen molar-refractivity contribution in [2.45, 2.75) is 56.9 Å². The second kappa shape index (κ2) is 12.6. The van der Waals surface area contributed by atoms with Gasteiger partial charge in [0.25, 0.3) is 0 Å². The number of fused-ring (bicyclic) bond motifs is 3. The number of nitrogens with one attached hydrogen (secondary N) is 2. The van der Waals surface area contributed by atoms with E-state index in [2.05, 4.69) is 42.4 Å². The molecular formula is C27H36N2O6Si. The molecular weight excluding hydrogens is 476 g/mol. The van der Waals surface area contributed by atoms with Crippen molar-refractivity contribution in [2.24, 2.45) is 0 Å². The number of carbonyl (C=O) groups excluding carboxylic acids is 2. The van der Waals surface area contributed by atoms with Crippen molar-refractivity contribution in [1.82, 2.24) is 10.6 Å². The summed E-state index contributed by atoms with van der Waals surface area (Å²) < 4.78 is 10.6. The zero-order chi connectivity index (χ0) is 26.1. The number of carbonyl (C=O) groups is 3. The van der Waals surface area contributed by atoms with Crippen molar-refractivity contribution >= 4 is 26.2 Å². The number of carboxylic acids is 1. The van der Waals surface area contributed by atoms with Crippen LogP contribution in [0.3, 0.4) is 0 Å². The molecule has 2 aromatic carbocycles. The average molecular weight is 513 g/mol. The summed E-state index contributed by atoms with van der Waals surface area (Å²) >= 11 is 0. The number of unbranched alkanes of at least 4 members (excludes halogenated alkanes) is 1. The summed E-state index contributed by atoms with van der Waals surface area (Å²) in [5.74, 6) is -1.22. The smallest absolute Gasteiger partial charge is 0.407 e. The minimum Gasteiger partial charge on any atom is -0.480 e. The molecule has 0 aliphatic heterocycles. The van der Waals surface area contributed by atoms with Crippen LogP contribution < -0.4 is 10.6 Å². The molecule has 0 saturated heterocycles. The van der Waals surface area contributed by atoms with Gasteiger partial charge in [0.1, 0.15) is 12.6 Å². The molecule has 3 rings (SSSR count). The van der Waals surface area contributed by atoms with Crippen LogP contribution >= 0.6 is 0 Å². The van der Waals surface area contributed by atoms with Gasteiger partial charge in [-0.2, -0.15) is 0 Å². The molecule has 0 fully saturated rings. The van der Waals surface area contributed by atoms with Gasteiger partial charge >= 0.3 is 18.2 Å². The molecule has 1 aliphatic carbocycles. The number of aliphatic carboxylic acids is 1. The van der Waals surface area contributed by atoms with Gasteiger partial charge in [0.2, 0.25) is 0 Å². The second-order valence-corrected chi connectivity index (χ2v) is 15.9. The van der Waals surface area contributed by atoms with Crippen LogP contribution in [0.2, 0.25) is 25.7 Å². The Bertz CT molecular complexity index is 1020. The minimum atomic E-state index is -1.26. The molecule has 36 heavy (non-hydrogen) atoms. The highest BCUT2D eigenvalue weighted by Gasteiger charge is 2.29. The van der Waals surface area contributed by atoms with Crippen LogP contribution in [0, 0.1) is 0 Å². The first kappa shape index (κ1) is 27.3. The predicted molar refractivity (Wildman–Crippen MR) is 141 cm³/mol. The summed E-state index contributed by atoms with van der Waals surface area (Å²) in [6, 6.07) is 15.9. The summed E-state index contributed by atoms with van der Waals surface area (Å²) in [4.78, 5) is 35.8. The van der Waals surface area contributed by atoms with Gasteiger partial charge in [-0.25, -0.2) is 14.4 Å². The van der Waals surface area contributed by atoms with Crippen LogP contribution in [0.5, 0.6) is 0 Å². The lowest BCUT2D eigenvalue weighted by Crippen LogP contribution is -2.41. The van der Waals surface area contributed by atoms with E-state index in [1.807, 2.05) is 36.4 Å². The van der Waals surface area contributed by atoms with E-state index in [4.69, 9.17) is 9.47 Å². The molecule has 2 amide bonds. The fourth-order valence-electron chi connectivity index (χ4n) is 4.20. The van der Waals surface area contributed by atoms with E-state index in [9.17, 15) is 19.5 Å². The van der Waals surface area contributed by atoms with Crippen molar-refractivity contribution < 1.29 is 29.0 Å². The SMILES string of the molecule is C[Si](C)(C)CCOC(=O)NCCCCC(NC(=O)OCC1c2ccccc2-c2ccccc21)C(=O)O. The van der Waals surface area contributed by atoms with Crippen molar-refractivity contribution in [3.8, 4) is 11.1 Å². The molecule has 9 heteroatoms. The van der Waals surface area contributed by atoms with E-state index in [0.29, 0.717) is 26.0 Å². The van der Waals surface area contributed by atoms with E-state index < -0.39 is 32.3 Å².